The number of alkyl halides is 2. The van der Waals surface area contributed by atoms with Crippen molar-refractivity contribution in [1.82, 2.24) is 4.90 Å². The number of halogens is 2. The molecular formula is C21H25Cl2NO. The van der Waals surface area contributed by atoms with E-state index in [1.807, 2.05) is 30.3 Å². The fraction of sp³-hybridized carbons (Fsp3) is 0.429. The zero-order valence-electron chi connectivity index (χ0n) is 14.8. The lowest BCUT2D eigenvalue weighted by Gasteiger charge is -2.18. The minimum atomic E-state index is -0.730. The van der Waals surface area contributed by atoms with Gasteiger partial charge in [0.2, 0.25) is 0 Å². The normalized spacial score (nSPS) is 21.3. The lowest BCUT2D eigenvalue weighted by Crippen LogP contribution is -2.27. The lowest BCUT2D eigenvalue weighted by molar-refractivity contribution is 0.223. The smallest absolute Gasteiger partial charge is 0.133 e. The number of rotatable bonds is 8. The highest BCUT2D eigenvalue weighted by atomic mass is 35.5. The van der Waals surface area contributed by atoms with E-state index in [9.17, 15) is 0 Å². The summed E-state index contributed by atoms with van der Waals surface area (Å²) in [7, 11) is 0. The van der Waals surface area contributed by atoms with Crippen LogP contribution in [-0.4, -0.2) is 35.5 Å². The summed E-state index contributed by atoms with van der Waals surface area (Å²) in [6.45, 7) is 8.08. The summed E-state index contributed by atoms with van der Waals surface area (Å²) in [4.78, 5) is 2.35. The van der Waals surface area contributed by atoms with Crippen LogP contribution in [0, 0.1) is 0 Å². The van der Waals surface area contributed by atoms with Crippen LogP contribution in [0.5, 0.6) is 5.75 Å². The van der Waals surface area contributed by atoms with E-state index in [0.29, 0.717) is 6.61 Å². The van der Waals surface area contributed by atoms with Gasteiger partial charge in [-0.15, -0.1) is 23.2 Å². The van der Waals surface area contributed by atoms with Gasteiger partial charge in [0, 0.05) is 18.4 Å². The second-order valence-corrected chi connectivity index (χ2v) is 7.93. The zero-order chi connectivity index (χ0) is 17.9. The Bertz CT molecular complexity index is 668. The van der Waals surface area contributed by atoms with E-state index < -0.39 is 4.33 Å². The van der Waals surface area contributed by atoms with E-state index in [2.05, 4.69) is 43.0 Å². The van der Waals surface area contributed by atoms with Gasteiger partial charge in [0.15, 0.2) is 0 Å². The molecule has 3 rings (SSSR count). The Labute approximate surface area is 160 Å². The molecule has 2 aromatic carbocycles. The maximum absolute atomic E-state index is 6.56. The fourth-order valence-corrected chi connectivity index (χ4v) is 4.30. The molecule has 25 heavy (non-hydrogen) atoms. The Kier molecular flexibility index (Phi) is 5.93. The van der Waals surface area contributed by atoms with Gasteiger partial charge in [-0.1, -0.05) is 56.3 Å². The number of nitrogens with zero attached hydrogens (tertiary/aromatic N) is 1. The topological polar surface area (TPSA) is 12.5 Å². The Balaban J connectivity index is 1.61. The van der Waals surface area contributed by atoms with Gasteiger partial charge >= 0.3 is 0 Å². The molecule has 1 aliphatic rings. The van der Waals surface area contributed by atoms with Gasteiger partial charge in [-0.05, 0) is 36.3 Å². The molecule has 2 unspecified atom stereocenters. The van der Waals surface area contributed by atoms with Gasteiger partial charge in [0.05, 0.1) is 0 Å². The highest BCUT2D eigenvalue weighted by Gasteiger charge is 2.64. The van der Waals surface area contributed by atoms with Crippen molar-refractivity contribution >= 4 is 23.2 Å². The van der Waals surface area contributed by atoms with Crippen LogP contribution in [0.1, 0.15) is 36.8 Å². The number of benzene rings is 2. The first-order valence-electron chi connectivity index (χ1n) is 8.95. The van der Waals surface area contributed by atoms with Gasteiger partial charge in [-0.2, -0.15) is 0 Å². The molecule has 0 saturated heterocycles. The first kappa shape index (κ1) is 18.6. The second-order valence-electron chi connectivity index (χ2n) is 6.48. The molecule has 1 fully saturated rings. The molecule has 2 aromatic rings. The number of likely N-dealkylation sites (N-methyl/N-ethyl adjacent to an activating group) is 1. The summed E-state index contributed by atoms with van der Waals surface area (Å²) in [6.07, 6.45) is 0. The van der Waals surface area contributed by atoms with Crippen molar-refractivity contribution in [3.63, 3.8) is 0 Å². The predicted octanol–water partition coefficient (Wildman–Crippen LogP) is 5.46. The molecule has 0 bridgehead atoms. The van der Waals surface area contributed by atoms with E-state index in [0.717, 1.165) is 30.9 Å². The van der Waals surface area contributed by atoms with Gasteiger partial charge in [0.25, 0.3) is 0 Å². The van der Waals surface area contributed by atoms with Crippen LogP contribution in [0.3, 0.4) is 0 Å². The van der Waals surface area contributed by atoms with Crippen molar-refractivity contribution in [3.05, 3.63) is 65.7 Å². The summed E-state index contributed by atoms with van der Waals surface area (Å²) in [5.41, 5.74) is 2.35. The van der Waals surface area contributed by atoms with Crippen LogP contribution in [0.15, 0.2) is 54.6 Å². The molecule has 0 amide bonds. The quantitative estimate of drug-likeness (QED) is 0.566. The maximum Gasteiger partial charge on any atom is 0.133 e. The Morgan fingerprint density at radius 1 is 0.880 bits per heavy atom. The van der Waals surface area contributed by atoms with Crippen LogP contribution in [0.4, 0.5) is 0 Å². The molecule has 2 nitrogen and oxygen atoms in total. The minimum Gasteiger partial charge on any atom is -0.492 e. The van der Waals surface area contributed by atoms with Gasteiger partial charge in [-0.3, -0.25) is 0 Å². The monoisotopic (exact) mass is 377 g/mol. The Hall–Kier alpha value is -1.22. The van der Waals surface area contributed by atoms with Crippen molar-refractivity contribution in [2.75, 3.05) is 26.2 Å². The van der Waals surface area contributed by atoms with Crippen molar-refractivity contribution in [2.24, 2.45) is 0 Å². The molecule has 1 aliphatic carbocycles. The molecule has 134 valence electrons. The Morgan fingerprint density at radius 2 is 1.44 bits per heavy atom. The molecule has 2 atom stereocenters. The summed E-state index contributed by atoms with van der Waals surface area (Å²) in [5.74, 6) is 1.16. The molecule has 0 spiro atoms. The van der Waals surface area contributed by atoms with Gasteiger partial charge < -0.3 is 9.64 Å². The van der Waals surface area contributed by atoms with Gasteiger partial charge in [0.1, 0.15) is 16.7 Å². The van der Waals surface area contributed by atoms with E-state index in [1.54, 1.807) is 0 Å². The molecule has 0 radical (unpaired) electrons. The third kappa shape index (κ3) is 4.13. The van der Waals surface area contributed by atoms with Crippen LogP contribution in [-0.2, 0) is 0 Å². The van der Waals surface area contributed by atoms with Crippen molar-refractivity contribution in [2.45, 2.75) is 30.0 Å². The van der Waals surface area contributed by atoms with Crippen molar-refractivity contribution in [1.29, 1.82) is 0 Å². The average molecular weight is 378 g/mol. The SMILES string of the molecule is CCN(CC)CCOc1ccc(C2C(c3ccccc3)C2(Cl)Cl)cc1. The molecule has 1 saturated carbocycles. The zero-order valence-corrected chi connectivity index (χ0v) is 16.3. The van der Waals surface area contributed by atoms with Crippen LogP contribution in [0.2, 0.25) is 0 Å². The van der Waals surface area contributed by atoms with Crippen LogP contribution in [0.25, 0.3) is 0 Å². The summed E-state index contributed by atoms with van der Waals surface area (Å²) < 4.78 is 5.12. The molecule has 4 heteroatoms. The molecule has 0 aromatic heterocycles. The number of hydrogen-bond donors (Lipinski definition) is 0. The first-order valence-corrected chi connectivity index (χ1v) is 9.71. The van der Waals surface area contributed by atoms with Crippen LogP contribution < -0.4 is 4.74 Å². The summed E-state index contributed by atoms with van der Waals surface area (Å²) >= 11 is 13.1. The fourth-order valence-electron chi connectivity index (χ4n) is 3.42. The average Bonchev–Trinajstić information content (AvgIpc) is 3.22. The van der Waals surface area contributed by atoms with Gasteiger partial charge in [-0.25, -0.2) is 0 Å². The highest BCUT2D eigenvalue weighted by Crippen LogP contribution is 2.70. The maximum atomic E-state index is 6.56. The third-order valence-corrected chi connectivity index (χ3v) is 5.96. The predicted molar refractivity (Wildman–Crippen MR) is 106 cm³/mol. The standard InChI is InChI=1S/C21H25Cl2NO/c1-3-24(4-2)14-15-25-18-12-10-17(11-13-18)20-19(21(20,22)23)16-8-6-5-7-9-16/h5-13,19-20H,3-4,14-15H2,1-2H3. The minimum absolute atomic E-state index is 0.128. The van der Waals surface area contributed by atoms with E-state index >= 15 is 0 Å². The lowest BCUT2D eigenvalue weighted by atomic mass is 10.0. The first-order chi connectivity index (χ1) is 12.1. The van der Waals surface area contributed by atoms with E-state index in [-0.39, 0.29) is 11.8 Å². The molecular weight excluding hydrogens is 353 g/mol. The summed E-state index contributed by atoms with van der Waals surface area (Å²) in [6, 6.07) is 18.4. The Morgan fingerprint density at radius 3 is 2.00 bits per heavy atom. The number of ether oxygens (including phenoxy) is 1. The van der Waals surface area contributed by atoms with E-state index in [4.69, 9.17) is 27.9 Å². The second kappa shape index (κ2) is 7.99. The third-order valence-electron chi connectivity index (χ3n) is 5.02. The molecule has 0 N–H and O–H groups in total. The largest absolute Gasteiger partial charge is 0.492 e. The summed E-state index contributed by atoms with van der Waals surface area (Å²) in [5, 5.41) is 0. The van der Waals surface area contributed by atoms with Crippen molar-refractivity contribution in [3.8, 4) is 5.75 Å². The highest BCUT2D eigenvalue weighted by molar-refractivity contribution is 6.52. The molecule has 0 heterocycles. The van der Waals surface area contributed by atoms with Crippen LogP contribution >= 0.6 is 23.2 Å². The number of hydrogen-bond acceptors (Lipinski definition) is 2. The van der Waals surface area contributed by atoms with Crippen molar-refractivity contribution < 1.29 is 4.74 Å². The van der Waals surface area contributed by atoms with E-state index in [1.165, 1.54) is 5.56 Å². The molecule has 0 aliphatic heterocycles.